The molecule has 92 valence electrons. The van der Waals surface area contributed by atoms with E-state index in [-0.39, 0.29) is 12.0 Å². The molecule has 2 rings (SSSR count). The van der Waals surface area contributed by atoms with Crippen LogP contribution in [0.1, 0.15) is 12.8 Å². The Morgan fingerprint density at radius 1 is 1.24 bits per heavy atom. The number of hydrazine groups is 1. The summed E-state index contributed by atoms with van der Waals surface area (Å²) in [6, 6.07) is 1.29. The van der Waals surface area contributed by atoms with E-state index in [1.54, 1.807) is 0 Å². The van der Waals surface area contributed by atoms with Crippen LogP contribution in [0.15, 0.2) is 17.1 Å². The van der Waals surface area contributed by atoms with Crippen molar-refractivity contribution in [3.8, 4) is 0 Å². The van der Waals surface area contributed by atoms with E-state index < -0.39 is 23.1 Å². The lowest BCUT2D eigenvalue weighted by molar-refractivity contribution is 0.549. The van der Waals surface area contributed by atoms with Gasteiger partial charge in [-0.15, -0.1) is 0 Å². The van der Waals surface area contributed by atoms with Crippen molar-refractivity contribution in [2.24, 2.45) is 10.8 Å². The van der Waals surface area contributed by atoms with Crippen LogP contribution in [0.3, 0.4) is 0 Å². The fourth-order valence-electron chi connectivity index (χ4n) is 1.27. The van der Waals surface area contributed by atoms with Crippen molar-refractivity contribution in [2.75, 3.05) is 5.32 Å². The van der Waals surface area contributed by atoms with Gasteiger partial charge in [0, 0.05) is 12.1 Å². The molecule has 0 unspecified atom stereocenters. The maximum atomic E-state index is 13.3. The van der Waals surface area contributed by atoms with Crippen molar-refractivity contribution in [2.45, 2.75) is 18.9 Å². The van der Waals surface area contributed by atoms with Crippen LogP contribution in [0.4, 0.5) is 18.9 Å². The fourth-order valence-corrected chi connectivity index (χ4v) is 1.27. The molecule has 1 aromatic carbocycles. The molecule has 1 aliphatic rings. The summed E-state index contributed by atoms with van der Waals surface area (Å²) in [6.45, 7) is 0. The fraction of sp³-hybridized carbons (Fsp3) is 0.300. The van der Waals surface area contributed by atoms with Crippen LogP contribution < -0.4 is 16.6 Å². The number of guanidine groups is 1. The van der Waals surface area contributed by atoms with Gasteiger partial charge in [0.05, 0.1) is 6.04 Å². The van der Waals surface area contributed by atoms with Gasteiger partial charge in [0.25, 0.3) is 0 Å². The molecule has 0 radical (unpaired) electrons. The van der Waals surface area contributed by atoms with Crippen molar-refractivity contribution < 1.29 is 13.2 Å². The second-order valence-corrected chi connectivity index (χ2v) is 3.72. The van der Waals surface area contributed by atoms with E-state index in [0.29, 0.717) is 12.1 Å². The highest BCUT2D eigenvalue weighted by Crippen LogP contribution is 2.24. The second-order valence-electron chi connectivity index (χ2n) is 3.72. The summed E-state index contributed by atoms with van der Waals surface area (Å²) in [4.78, 5) is 4.05. The molecule has 0 saturated heterocycles. The Bertz CT molecular complexity index is 434. The first-order chi connectivity index (χ1) is 8.10. The van der Waals surface area contributed by atoms with Gasteiger partial charge in [-0.05, 0) is 12.8 Å². The Kier molecular flexibility index (Phi) is 3.19. The van der Waals surface area contributed by atoms with Crippen molar-refractivity contribution in [1.29, 1.82) is 0 Å². The van der Waals surface area contributed by atoms with Crippen LogP contribution >= 0.6 is 0 Å². The van der Waals surface area contributed by atoms with Gasteiger partial charge >= 0.3 is 0 Å². The maximum Gasteiger partial charge on any atom is 0.210 e. The van der Waals surface area contributed by atoms with Gasteiger partial charge in [0.1, 0.15) is 11.5 Å². The van der Waals surface area contributed by atoms with Crippen LogP contribution in [-0.4, -0.2) is 12.0 Å². The minimum atomic E-state index is -1.04. The van der Waals surface area contributed by atoms with Crippen LogP contribution in [0.25, 0.3) is 0 Å². The molecule has 1 aromatic rings. The third-order valence-electron chi connectivity index (χ3n) is 2.25. The first kappa shape index (κ1) is 11.7. The van der Waals surface area contributed by atoms with E-state index in [0.717, 1.165) is 12.8 Å². The van der Waals surface area contributed by atoms with E-state index in [4.69, 9.17) is 5.84 Å². The molecule has 0 aliphatic heterocycles. The van der Waals surface area contributed by atoms with Crippen molar-refractivity contribution in [3.63, 3.8) is 0 Å². The topological polar surface area (TPSA) is 62.4 Å². The molecular formula is C10H11F3N4. The van der Waals surface area contributed by atoms with Crippen LogP contribution in [-0.2, 0) is 0 Å². The minimum Gasteiger partial charge on any atom is -0.320 e. The zero-order valence-electron chi connectivity index (χ0n) is 8.80. The highest BCUT2D eigenvalue weighted by molar-refractivity contribution is 5.93. The summed E-state index contributed by atoms with van der Waals surface area (Å²) < 4.78 is 39.3. The number of rotatable bonds is 2. The summed E-state index contributed by atoms with van der Waals surface area (Å²) >= 11 is 0. The average Bonchev–Trinajstić information content (AvgIpc) is 3.05. The molecule has 0 amide bonds. The van der Waals surface area contributed by atoms with Gasteiger partial charge < -0.3 is 5.32 Å². The smallest absolute Gasteiger partial charge is 0.210 e. The predicted molar refractivity (Wildman–Crippen MR) is 57.7 cm³/mol. The summed E-state index contributed by atoms with van der Waals surface area (Å²) in [6.07, 6.45) is 1.84. The highest BCUT2D eigenvalue weighted by Gasteiger charge is 2.22. The van der Waals surface area contributed by atoms with Crippen molar-refractivity contribution in [3.05, 3.63) is 29.6 Å². The number of benzene rings is 1. The van der Waals surface area contributed by atoms with Gasteiger partial charge in [-0.2, -0.15) is 0 Å². The summed E-state index contributed by atoms with van der Waals surface area (Å²) in [7, 11) is 0. The quantitative estimate of drug-likeness (QED) is 0.320. The Hall–Kier alpha value is -1.76. The summed E-state index contributed by atoms with van der Waals surface area (Å²) in [5.74, 6) is 2.16. The Morgan fingerprint density at radius 2 is 1.82 bits per heavy atom. The van der Waals surface area contributed by atoms with Gasteiger partial charge in [0.15, 0.2) is 11.6 Å². The van der Waals surface area contributed by atoms with E-state index in [9.17, 15) is 13.2 Å². The summed E-state index contributed by atoms with van der Waals surface area (Å²) in [5.41, 5.74) is 1.72. The maximum absolute atomic E-state index is 13.3. The molecular weight excluding hydrogens is 233 g/mol. The SMILES string of the molecule is NNC(=NC1CC1)Nc1c(F)cc(F)cc1F. The number of aliphatic imine (C=N–C) groups is 1. The standard InChI is InChI=1S/C10H11F3N4/c11-5-3-7(12)9(8(13)4-5)16-10(17-14)15-6-1-2-6/h3-4,6H,1-2,14H2,(H2,15,16,17). The molecule has 0 bridgehead atoms. The normalized spacial score (nSPS) is 15.9. The number of nitrogens with one attached hydrogen (secondary N) is 2. The number of nitrogens with two attached hydrogens (primary N) is 1. The molecule has 0 heterocycles. The largest absolute Gasteiger partial charge is 0.320 e. The average molecular weight is 244 g/mol. The minimum absolute atomic E-state index is 0.0527. The van der Waals surface area contributed by atoms with Crippen LogP contribution in [0, 0.1) is 17.5 Å². The monoisotopic (exact) mass is 244 g/mol. The first-order valence-electron chi connectivity index (χ1n) is 5.06. The summed E-state index contributed by atoms with van der Waals surface area (Å²) in [5, 5.41) is 2.36. The molecule has 7 heteroatoms. The van der Waals surface area contributed by atoms with Crippen molar-refractivity contribution >= 4 is 11.6 Å². The molecule has 0 atom stereocenters. The van der Waals surface area contributed by atoms with E-state index in [1.807, 2.05) is 0 Å². The molecule has 4 nitrogen and oxygen atoms in total. The number of nitrogens with zero attached hydrogens (tertiary/aromatic N) is 1. The van der Waals surface area contributed by atoms with Gasteiger partial charge in [-0.1, -0.05) is 0 Å². The molecule has 1 aliphatic carbocycles. The number of anilines is 1. The van der Waals surface area contributed by atoms with Crippen molar-refractivity contribution in [1.82, 2.24) is 5.43 Å². The lowest BCUT2D eigenvalue weighted by Crippen LogP contribution is -2.37. The molecule has 17 heavy (non-hydrogen) atoms. The predicted octanol–water partition coefficient (Wildman–Crippen LogP) is 1.50. The number of hydrogen-bond donors (Lipinski definition) is 3. The Morgan fingerprint density at radius 3 is 2.29 bits per heavy atom. The zero-order valence-corrected chi connectivity index (χ0v) is 8.80. The van der Waals surface area contributed by atoms with E-state index in [1.165, 1.54) is 0 Å². The first-order valence-corrected chi connectivity index (χ1v) is 5.06. The van der Waals surface area contributed by atoms with Crippen LogP contribution in [0.2, 0.25) is 0 Å². The molecule has 1 fully saturated rings. The lowest BCUT2D eigenvalue weighted by atomic mass is 10.3. The lowest BCUT2D eigenvalue weighted by Gasteiger charge is -2.10. The number of hydrogen-bond acceptors (Lipinski definition) is 2. The molecule has 0 aromatic heterocycles. The van der Waals surface area contributed by atoms with E-state index >= 15 is 0 Å². The number of halogens is 3. The zero-order chi connectivity index (χ0) is 12.4. The van der Waals surface area contributed by atoms with Gasteiger partial charge in [0.2, 0.25) is 5.96 Å². The molecule has 4 N–H and O–H groups in total. The Balaban J connectivity index is 2.22. The third kappa shape index (κ3) is 2.88. The second kappa shape index (κ2) is 4.62. The van der Waals surface area contributed by atoms with Gasteiger partial charge in [-0.3, -0.25) is 5.43 Å². The highest BCUT2D eigenvalue weighted by atomic mass is 19.1. The third-order valence-corrected chi connectivity index (χ3v) is 2.25. The molecule has 0 spiro atoms. The molecule has 1 saturated carbocycles. The van der Waals surface area contributed by atoms with Crippen LogP contribution in [0.5, 0.6) is 0 Å². The Labute approximate surface area is 95.7 Å². The van der Waals surface area contributed by atoms with Gasteiger partial charge in [-0.25, -0.2) is 24.0 Å². The van der Waals surface area contributed by atoms with E-state index in [2.05, 4.69) is 15.7 Å².